The van der Waals surface area contributed by atoms with E-state index >= 15 is 0 Å². The molecule has 0 aromatic rings. The topological polar surface area (TPSA) is 60.8 Å². The second kappa shape index (κ2) is 20.9. The average molecular weight is 398 g/mol. The number of likely N-dealkylation sites (N-methyl/N-ethyl adjacent to an activating group) is 1. The zero-order valence-electron chi connectivity index (χ0n) is 18.7. The van der Waals surface area contributed by atoms with E-state index in [-0.39, 0.29) is 12.5 Å². The van der Waals surface area contributed by atoms with Gasteiger partial charge in [0.2, 0.25) is 0 Å². The summed E-state index contributed by atoms with van der Waals surface area (Å²) in [5.41, 5.74) is 0. The maximum Gasteiger partial charge on any atom is 0.307 e. The first-order valence-electron chi connectivity index (χ1n) is 11.8. The average Bonchev–Trinajstić information content (AvgIpc) is 2.66. The van der Waals surface area contributed by atoms with Crippen LogP contribution in [0.2, 0.25) is 0 Å². The van der Waals surface area contributed by atoms with Crippen LogP contribution in [-0.2, 0) is 4.79 Å². The van der Waals surface area contributed by atoms with Gasteiger partial charge in [-0.15, -0.1) is 0 Å². The fourth-order valence-electron chi connectivity index (χ4n) is 3.57. The summed E-state index contributed by atoms with van der Waals surface area (Å²) in [6.45, 7) is 3.41. The van der Waals surface area contributed by atoms with Gasteiger partial charge >= 0.3 is 5.97 Å². The molecule has 4 heteroatoms. The van der Waals surface area contributed by atoms with Gasteiger partial charge in [-0.3, -0.25) is 4.79 Å². The van der Waals surface area contributed by atoms with Gasteiger partial charge in [-0.25, -0.2) is 0 Å². The number of unbranched alkanes of at least 4 members (excludes halogenated alkanes) is 12. The molecule has 0 saturated carbocycles. The number of hydrogen-bond donors (Lipinski definition) is 2. The molecule has 0 saturated heterocycles. The number of aliphatic hydroxyl groups is 1. The molecule has 166 valence electrons. The first-order valence-corrected chi connectivity index (χ1v) is 11.8. The van der Waals surface area contributed by atoms with Crippen molar-refractivity contribution in [3.63, 3.8) is 0 Å². The monoisotopic (exact) mass is 397 g/mol. The van der Waals surface area contributed by atoms with Gasteiger partial charge in [0.25, 0.3) is 0 Å². The summed E-state index contributed by atoms with van der Waals surface area (Å²) in [5, 5.41) is 18.2. The van der Waals surface area contributed by atoms with Crippen molar-refractivity contribution in [2.45, 2.75) is 103 Å². The first kappa shape index (κ1) is 27.1. The van der Waals surface area contributed by atoms with Gasteiger partial charge in [0, 0.05) is 13.1 Å². The lowest BCUT2D eigenvalue weighted by Crippen LogP contribution is -2.32. The molecule has 1 unspecified atom stereocenters. The van der Waals surface area contributed by atoms with Crippen LogP contribution in [0.25, 0.3) is 0 Å². The van der Waals surface area contributed by atoms with Crippen LogP contribution in [0.3, 0.4) is 0 Å². The molecule has 0 aromatic carbocycles. The zero-order chi connectivity index (χ0) is 20.9. The Balaban J connectivity index is 3.46. The fourth-order valence-corrected chi connectivity index (χ4v) is 3.57. The maximum atomic E-state index is 11.3. The van der Waals surface area contributed by atoms with Crippen LogP contribution in [0.15, 0.2) is 12.2 Å². The van der Waals surface area contributed by atoms with Gasteiger partial charge in [-0.05, 0) is 39.2 Å². The van der Waals surface area contributed by atoms with E-state index in [9.17, 15) is 9.90 Å². The van der Waals surface area contributed by atoms with Crippen molar-refractivity contribution in [3.8, 4) is 0 Å². The molecule has 0 rings (SSSR count). The Morgan fingerprint density at radius 2 is 1.36 bits per heavy atom. The molecule has 0 aliphatic rings. The van der Waals surface area contributed by atoms with Crippen molar-refractivity contribution in [2.75, 3.05) is 26.7 Å². The van der Waals surface area contributed by atoms with Crippen molar-refractivity contribution < 1.29 is 15.0 Å². The van der Waals surface area contributed by atoms with Crippen LogP contribution in [0.4, 0.5) is 0 Å². The molecule has 2 N–H and O–H groups in total. The van der Waals surface area contributed by atoms with Gasteiger partial charge < -0.3 is 15.1 Å². The number of carbonyl (C=O) groups is 1. The number of hydrogen-bond acceptors (Lipinski definition) is 3. The lowest BCUT2D eigenvalue weighted by molar-refractivity contribution is -0.142. The molecule has 0 heterocycles. The Hall–Kier alpha value is -0.870. The molecular weight excluding hydrogens is 350 g/mol. The predicted octanol–water partition coefficient (Wildman–Crippen LogP) is 6.04. The molecule has 1 atom stereocenters. The molecule has 0 amide bonds. The quantitative estimate of drug-likeness (QED) is 0.183. The van der Waals surface area contributed by atoms with Crippen molar-refractivity contribution in [1.29, 1.82) is 0 Å². The zero-order valence-corrected chi connectivity index (χ0v) is 18.7. The van der Waals surface area contributed by atoms with E-state index in [1.54, 1.807) is 0 Å². The van der Waals surface area contributed by atoms with E-state index in [0.29, 0.717) is 13.1 Å². The molecule has 0 aliphatic heterocycles. The van der Waals surface area contributed by atoms with Crippen LogP contribution in [0.5, 0.6) is 0 Å². The summed E-state index contributed by atoms with van der Waals surface area (Å²) in [7, 11) is 1.87. The highest BCUT2D eigenvalue weighted by molar-refractivity contribution is 5.70. The molecule has 0 bridgehead atoms. The molecule has 0 aromatic heterocycles. The normalized spacial score (nSPS) is 12.9. The van der Waals surface area contributed by atoms with Crippen molar-refractivity contribution in [1.82, 2.24) is 4.90 Å². The van der Waals surface area contributed by atoms with Crippen LogP contribution in [0.1, 0.15) is 103 Å². The van der Waals surface area contributed by atoms with Crippen molar-refractivity contribution in [2.24, 2.45) is 5.92 Å². The number of carboxylic acids is 1. The molecule has 0 fully saturated rings. The van der Waals surface area contributed by atoms with Gasteiger partial charge in [-0.2, -0.15) is 0 Å². The highest BCUT2D eigenvalue weighted by Gasteiger charge is 2.18. The van der Waals surface area contributed by atoms with E-state index in [1.165, 1.54) is 77.0 Å². The van der Waals surface area contributed by atoms with Gasteiger partial charge in [0.05, 0.1) is 12.5 Å². The molecular formula is C24H47NO3. The Labute approximate surface area is 174 Å². The van der Waals surface area contributed by atoms with Crippen LogP contribution < -0.4 is 0 Å². The summed E-state index contributed by atoms with van der Waals surface area (Å²) in [6.07, 6.45) is 23.3. The minimum atomic E-state index is -0.711. The number of carboxylic acid groups (broad SMARTS) is 1. The van der Waals surface area contributed by atoms with Crippen LogP contribution in [-0.4, -0.2) is 47.8 Å². The second-order valence-corrected chi connectivity index (χ2v) is 8.25. The Bertz CT molecular complexity index is 371. The summed E-state index contributed by atoms with van der Waals surface area (Å²) in [5.74, 6) is -1.02. The number of aliphatic carboxylic acids is 1. The molecule has 4 nitrogen and oxygen atoms in total. The van der Waals surface area contributed by atoms with Gasteiger partial charge in [0.15, 0.2) is 0 Å². The number of aliphatic hydroxyl groups excluding tert-OH is 1. The predicted molar refractivity (Wildman–Crippen MR) is 120 cm³/mol. The van der Waals surface area contributed by atoms with E-state index in [1.807, 2.05) is 11.9 Å². The Kier molecular flexibility index (Phi) is 20.2. The maximum absolute atomic E-state index is 11.3. The number of allylic oxidation sites excluding steroid dienone is 2. The minimum Gasteiger partial charge on any atom is -0.481 e. The highest BCUT2D eigenvalue weighted by Crippen LogP contribution is 2.14. The van der Waals surface area contributed by atoms with Crippen molar-refractivity contribution in [3.05, 3.63) is 12.2 Å². The molecule has 0 spiro atoms. The minimum absolute atomic E-state index is 0.0804. The van der Waals surface area contributed by atoms with E-state index in [4.69, 9.17) is 5.11 Å². The molecule has 28 heavy (non-hydrogen) atoms. The van der Waals surface area contributed by atoms with E-state index < -0.39 is 5.97 Å². The number of rotatable bonds is 21. The summed E-state index contributed by atoms with van der Waals surface area (Å²) >= 11 is 0. The van der Waals surface area contributed by atoms with Crippen LogP contribution in [0, 0.1) is 5.92 Å². The van der Waals surface area contributed by atoms with Crippen molar-refractivity contribution >= 4 is 5.97 Å². The molecule has 0 aliphatic carbocycles. The standard InChI is InChI=1S/C24H47NO3/c1-3-4-5-6-7-8-9-10-11-12-13-14-15-16-17-18-19-23(24(27)28)22-25(2)20-21-26/h10-11,23,26H,3-9,12-22H2,1-2H3,(H,27,28)/b11-10-. The third-order valence-corrected chi connectivity index (χ3v) is 5.43. The van der Waals surface area contributed by atoms with Crippen LogP contribution >= 0.6 is 0 Å². The number of nitrogens with zero attached hydrogens (tertiary/aromatic N) is 1. The largest absolute Gasteiger partial charge is 0.481 e. The summed E-state index contributed by atoms with van der Waals surface area (Å²) in [4.78, 5) is 13.2. The van der Waals surface area contributed by atoms with Gasteiger partial charge in [0.1, 0.15) is 0 Å². The lowest BCUT2D eigenvalue weighted by Gasteiger charge is -2.20. The fraction of sp³-hybridized carbons (Fsp3) is 0.875. The smallest absolute Gasteiger partial charge is 0.307 e. The Morgan fingerprint density at radius 3 is 1.86 bits per heavy atom. The third-order valence-electron chi connectivity index (χ3n) is 5.43. The first-order chi connectivity index (χ1) is 13.6. The summed E-state index contributed by atoms with van der Waals surface area (Å²) < 4.78 is 0. The third kappa shape index (κ3) is 18.5. The summed E-state index contributed by atoms with van der Waals surface area (Å²) in [6, 6.07) is 0. The van der Waals surface area contributed by atoms with E-state index in [0.717, 1.165) is 19.3 Å². The highest BCUT2D eigenvalue weighted by atomic mass is 16.4. The second-order valence-electron chi connectivity index (χ2n) is 8.25. The Morgan fingerprint density at radius 1 is 0.857 bits per heavy atom. The van der Waals surface area contributed by atoms with E-state index in [2.05, 4.69) is 19.1 Å². The van der Waals surface area contributed by atoms with Gasteiger partial charge in [-0.1, -0.05) is 83.3 Å². The molecule has 0 radical (unpaired) electrons. The lowest BCUT2D eigenvalue weighted by atomic mass is 9.99. The SMILES string of the molecule is CCCCCCCC/C=C\CCCCCCCCC(CN(C)CCO)C(=O)O.